The SMILES string of the molecule is CNCc1nn2c([C@](C)(C(=O)O)C(C)c3cccc(F)c3)ccnc2c1-c1ccc(C(F)(F)F)cc1. The molecule has 1 unspecified atom stereocenters. The molecule has 0 bridgehead atoms. The minimum atomic E-state index is -4.48. The van der Waals surface area contributed by atoms with E-state index in [9.17, 15) is 27.5 Å². The molecular weight excluding hydrogens is 476 g/mol. The maximum Gasteiger partial charge on any atom is 0.416 e. The zero-order valence-electron chi connectivity index (χ0n) is 19.8. The maximum absolute atomic E-state index is 14.0. The van der Waals surface area contributed by atoms with Crippen LogP contribution in [0.4, 0.5) is 17.6 Å². The van der Waals surface area contributed by atoms with Crippen molar-refractivity contribution in [2.45, 2.75) is 37.9 Å². The van der Waals surface area contributed by atoms with Crippen molar-refractivity contribution in [3.8, 4) is 11.1 Å². The zero-order chi connectivity index (χ0) is 26.3. The molecule has 10 heteroatoms. The van der Waals surface area contributed by atoms with Gasteiger partial charge in [0.2, 0.25) is 0 Å². The first-order valence-corrected chi connectivity index (χ1v) is 11.2. The molecule has 0 fully saturated rings. The average molecular weight is 500 g/mol. The molecule has 2 atom stereocenters. The fraction of sp³-hybridized carbons (Fsp3) is 0.269. The molecule has 0 aliphatic carbocycles. The lowest BCUT2D eigenvalue weighted by atomic mass is 9.72. The molecule has 2 aromatic carbocycles. The van der Waals surface area contributed by atoms with E-state index in [2.05, 4.69) is 15.4 Å². The number of nitrogens with zero attached hydrogens (tertiary/aromatic N) is 3. The number of alkyl halides is 3. The van der Waals surface area contributed by atoms with Gasteiger partial charge in [-0.25, -0.2) is 13.9 Å². The van der Waals surface area contributed by atoms with Gasteiger partial charge in [-0.05, 0) is 55.4 Å². The average Bonchev–Trinajstić information content (AvgIpc) is 3.20. The number of hydrogen-bond donors (Lipinski definition) is 2. The normalized spacial score (nSPS) is 14.5. The van der Waals surface area contributed by atoms with Crippen LogP contribution in [0.5, 0.6) is 0 Å². The van der Waals surface area contributed by atoms with Crippen LogP contribution in [-0.2, 0) is 22.9 Å². The van der Waals surface area contributed by atoms with E-state index in [1.807, 2.05) is 0 Å². The summed E-state index contributed by atoms with van der Waals surface area (Å²) in [4.78, 5) is 17.1. The fourth-order valence-electron chi connectivity index (χ4n) is 4.42. The highest BCUT2D eigenvalue weighted by molar-refractivity contribution is 5.84. The number of nitrogens with one attached hydrogen (secondary N) is 1. The first-order valence-electron chi connectivity index (χ1n) is 11.2. The first kappa shape index (κ1) is 25.3. The Bertz CT molecular complexity index is 1420. The molecule has 0 aliphatic rings. The van der Waals surface area contributed by atoms with Crippen molar-refractivity contribution in [1.29, 1.82) is 0 Å². The van der Waals surface area contributed by atoms with E-state index >= 15 is 0 Å². The van der Waals surface area contributed by atoms with E-state index in [0.29, 0.717) is 33.7 Å². The van der Waals surface area contributed by atoms with Crippen LogP contribution in [0.2, 0.25) is 0 Å². The minimum Gasteiger partial charge on any atom is -0.481 e. The predicted molar refractivity (Wildman–Crippen MR) is 126 cm³/mol. The van der Waals surface area contributed by atoms with Crippen LogP contribution >= 0.6 is 0 Å². The van der Waals surface area contributed by atoms with Gasteiger partial charge in [-0.2, -0.15) is 18.3 Å². The van der Waals surface area contributed by atoms with Crippen molar-refractivity contribution < 1.29 is 27.5 Å². The Balaban J connectivity index is 1.94. The summed E-state index contributed by atoms with van der Waals surface area (Å²) >= 11 is 0. The van der Waals surface area contributed by atoms with E-state index in [4.69, 9.17) is 0 Å². The van der Waals surface area contributed by atoms with Gasteiger partial charge in [0.25, 0.3) is 0 Å². The van der Waals surface area contributed by atoms with E-state index in [0.717, 1.165) is 12.1 Å². The number of carbonyl (C=O) groups is 1. The Morgan fingerprint density at radius 1 is 1.14 bits per heavy atom. The molecule has 2 aromatic heterocycles. The monoisotopic (exact) mass is 500 g/mol. The quantitative estimate of drug-likeness (QED) is 0.332. The van der Waals surface area contributed by atoms with Crippen LogP contribution in [0.15, 0.2) is 60.8 Å². The molecule has 0 amide bonds. The Morgan fingerprint density at radius 2 is 1.83 bits per heavy atom. The lowest BCUT2D eigenvalue weighted by Gasteiger charge is -2.32. The third-order valence-corrected chi connectivity index (χ3v) is 6.63. The Morgan fingerprint density at radius 3 is 2.42 bits per heavy atom. The molecule has 0 saturated carbocycles. The third-order valence-electron chi connectivity index (χ3n) is 6.63. The molecule has 188 valence electrons. The molecule has 0 aliphatic heterocycles. The highest BCUT2D eigenvalue weighted by Gasteiger charge is 2.44. The second kappa shape index (κ2) is 9.34. The van der Waals surface area contributed by atoms with Crippen LogP contribution in [0.3, 0.4) is 0 Å². The highest BCUT2D eigenvalue weighted by atomic mass is 19.4. The Labute approximate surface area is 204 Å². The molecule has 4 aromatic rings. The van der Waals surface area contributed by atoms with Crippen molar-refractivity contribution >= 4 is 11.6 Å². The van der Waals surface area contributed by atoms with Gasteiger partial charge >= 0.3 is 12.1 Å². The van der Waals surface area contributed by atoms with E-state index < -0.39 is 34.9 Å². The maximum atomic E-state index is 14.0. The summed E-state index contributed by atoms with van der Waals surface area (Å²) in [6.07, 6.45) is -3.03. The molecule has 2 N–H and O–H groups in total. The van der Waals surface area contributed by atoms with Crippen molar-refractivity contribution in [2.75, 3.05) is 7.05 Å². The lowest BCUT2D eigenvalue weighted by molar-refractivity contribution is -0.144. The standard InChI is InChI=1S/C26H24F4N4O2/c1-15(17-5-4-6-19(27)13-17)25(2,24(35)36)21-11-12-32-23-22(20(14-31-3)33-34(21)23)16-7-9-18(10-8-16)26(28,29)30/h4-13,15,31H,14H2,1-3H3,(H,35,36)/t15?,25-/m1/s1. The summed E-state index contributed by atoms with van der Waals surface area (Å²) in [6, 6.07) is 12.0. The number of carboxylic acids is 1. The summed E-state index contributed by atoms with van der Waals surface area (Å²) in [6.45, 7) is 3.50. The van der Waals surface area contributed by atoms with Crippen LogP contribution in [-0.4, -0.2) is 32.7 Å². The summed E-state index contributed by atoms with van der Waals surface area (Å²) in [5.41, 5.74) is 0.209. The highest BCUT2D eigenvalue weighted by Crippen LogP contribution is 2.41. The number of halogens is 4. The second-order valence-corrected chi connectivity index (χ2v) is 8.78. The molecular formula is C26H24F4N4O2. The number of rotatable bonds is 7. The van der Waals surface area contributed by atoms with Gasteiger partial charge in [-0.15, -0.1) is 0 Å². The predicted octanol–water partition coefficient (Wildman–Crippen LogP) is 5.42. The molecule has 0 radical (unpaired) electrons. The summed E-state index contributed by atoms with van der Waals surface area (Å²) < 4.78 is 54.7. The van der Waals surface area contributed by atoms with Crippen LogP contribution < -0.4 is 5.32 Å². The summed E-state index contributed by atoms with van der Waals surface area (Å²) in [5, 5.41) is 18.0. The second-order valence-electron chi connectivity index (χ2n) is 8.78. The number of hydrogen-bond acceptors (Lipinski definition) is 4. The Hall–Kier alpha value is -3.79. The van der Waals surface area contributed by atoms with E-state index in [1.165, 1.54) is 48.0 Å². The van der Waals surface area contributed by atoms with E-state index in [1.54, 1.807) is 26.1 Å². The first-order chi connectivity index (χ1) is 17.0. The number of aromatic nitrogens is 3. The molecule has 36 heavy (non-hydrogen) atoms. The summed E-state index contributed by atoms with van der Waals surface area (Å²) in [5.74, 6) is -2.29. The molecule has 0 saturated heterocycles. The molecule has 0 spiro atoms. The van der Waals surface area contributed by atoms with Gasteiger partial charge < -0.3 is 10.4 Å². The smallest absolute Gasteiger partial charge is 0.416 e. The number of fused-ring (bicyclic) bond motifs is 1. The third kappa shape index (κ3) is 4.32. The lowest BCUT2D eigenvalue weighted by Crippen LogP contribution is -2.39. The fourth-order valence-corrected chi connectivity index (χ4v) is 4.42. The molecule has 6 nitrogen and oxygen atoms in total. The molecule has 4 rings (SSSR count). The van der Waals surface area contributed by atoms with Crippen LogP contribution in [0, 0.1) is 5.82 Å². The van der Waals surface area contributed by atoms with Crippen molar-refractivity contribution in [3.63, 3.8) is 0 Å². The largest absolute Gasteiger partial charge is 0.481 e. The molecule has 2 heterocycles. The number of carboxylic acid groups (broad SMARTS) is 1. The van der Waals surface area contributed by atoms with Crippen LogP contribution in [0.25, 0.3) is 16.8 Å². The van der Waals surface area contributed by atoms with Gasteiger partial charge in [0.15, 0.2) is 5.65 Å². The van der Waals surface area contributed by atoms with Gasteiger partial charge in [-0.3, -0.25) is 4.79 Å². The van der Waals surface area contributed by atoms with Gasteiger partial charge in [0.05, 0.1) is 22.5 Å². The Kier molecular flexibility index (Phi) is 6.57. The van der Waals surface area contributed by atoms with Crippen molar-refractivity contribution in [1.82, 2.24) is 19.9 Å². The van der Waals surface area contributed by atoms with Crippen molar-refractivity contribution in [2.24, 2.45) is 0 Å². The van der Waals surface area contributed by atoms with Gasteiger partial charge in [-0.1, -0.05) is 31.2 Å². The van der Waals surface area contributed by atoms with Gasteiger partial charge in [0.1, 0.15) is 11.2 Å². The topological polar surface area (TPSA) is 79.5 Å². The minimum absolute atomic E-state index is 0.266. The summed E-state index contributed by atoms with van der Waals surface area (Å²) in [7, 11) is 1.70. The van der Waals surface area contributed by atoms with Crippen molar-refractivity contribution in [3.05, 3.63) is 89.1 Å². The van der Waals surface area contributed by atoms with Gasteiger partial charge in [0, 0.05) is 18.7 Å². The number of aliphatic carboxylic acids is 1. The van der Waals surface area contributed by atoms with Crippen LogP contribution in [0.1, 0.15) is 42.3 Å². The number of benzene rings is 2. The zero-order valence-corrected chi connectivity index (χ0v) is 19.8. The van der Waals surface area contributed by atoms with E-state index in [-0.39, 0.29) is 6.54 Å².